The molecule has 10 nitrogen and oxygen atoms in total. The Morgan fingerprint density at radius 2 is 2.00 bits per heavy atom. The molecule has 2 aliphatic heterocycles. The number of aliphatic imine (C=N–C) groups is 1. The van der Waals surface area contributed by atoms with E-state index < -0.39 is 16.7 Å². The zero-order chi connectivity index (χ0) is 25.4. The summed E-state index contributed by atoms with van der Waals surface area (Å²) in [5.74, 6) is -0.779. The van der Waals surface area contributed by atoms with Gasteiger partial charge in [0.05, 0.1) is 44.0 Å². The highest BCUT2D eigenvalue weighted by Gasteiger charge is 2.48. The van der Waals surface area contributed by atoms with E-state index in [1.807, 2.05) is 0 Å². The second kappa shape index (κ2) is 9.53. The molecule has 36 heavy (non-hydrogen) atoms. The third-order valence-corrected chi connectivity index (χ3v) is 6.87. The van der Waals surface area contributed by atoms with Crippen LogP contribution in [0.2, 0.25) is 5.02 Å². The van der Waals surface area contributed by atoms with Crippen molar-refractivity contribution >= 4 is 29.2 Å². The van der Waals surface area contributed by atoms with Crippen molar-refractivity contribution in [2.75, 3.05) is 27.4 Å². The number of nitro groups is 1. The van der Waals surface area contributed by atoms with Gasteiger partial charge in [-0.25, -0.2) is 9.79 Å². The summed E-state index contributed by atoms with van der Waals surface area (Å²) >= 11 is 6.56. The summed E-state index contributed by atoms with van der Waals surface area (Å²) in [6.07, 6.45) is 3.31. The highest BCUT2D eigenvalue weighted by atomic mass is 35.5. The van der Waals surface area contributed by atoms with E-state index in [0.29, 0.717) is 49.0 Å². The number of hydrogen-bond acceptors (Lipinski definition) is 9. The molecule has 1 saturated heterocycles. The molecular formula is C25H23ClN2O8. The van der Waals surface area contributed by atoms with E-state index in [-0.39, 0.29) is 28.8 Å². The maximum Gasteiger partial charge on any atom is 0.363 e. The standard InChI is InChI=1S/C25H23ClN2O8/c1-32-15-4-5-16(20(12-15)28(30)31)23-27-19(24(29)36-23)7-3-14-11-17-18(26)6-8-21(33-2)22(17)25(13-14)34-9-10-35-25/h4-8,12,14H,3,9-11,13H2,1-2H3/b19-7-. The first-order valence-electron chi connectivity index (χ1n) is 11.3. The van der Waals surface area contributed by atoms with Crippen molar-refractivity contribution in [1.29, 1.82) is 0 Å². The van der Waals surface area contributed by atoms with E-state index in [0.717, 1.165) is 11.1 Å². The summed E-state index contributed by atoms with van der Waals surface area (Å²) in [6, 6.07) is 7.83. The lowest BCUT2D eigenvalue weighted by Gasteiger charge is -2.39. The van der Waals surface area contributed by atoms with Crippen LogP contribution in [-0.2, 0) is 31.2 Å². The molecule has 1 aliphatic carbocycles. The van der Waals surface area contributed by atoms with Gasteiger partial charge in [0.1, 0.15) is 22.8 Å². The van der Waals surface area contributed by atoms with Crippen LogP contribution in [0.1, 0.15) is 29.5 Å². The Hall–Kier alpha value is -3.47. The zero-order valence-electron chi connectivity index (χ0n) is 19.6. The first-order chi connectivity index (χ1) is 17.3. The van der Waals surface area contributed by atoms with Gasteiger partial charge in [0.25, 0.3) is 5.69 Å². The van der Waals surface area contributed by atoms with Gasteiger partial charge in [0.15, 0.2) is 5.79 Å². The summed E-state index contributed by atoms with van der Waals surface area (Å²) < 4.78 is 28.1. The molecule has 0 amide bonds. The zero-order valence-corrected chi connectivity index (χ0v) is 20.4. The first kappa shape index (κ1) is 24.2. The van der Waals surface area contributed by atoms with E-state index in [9.17, 15) is 14.9 Å². The molecule has 0 radical (unpaired) electrons. The highest BCUT2D eigenvalue weighted by Crippen LogP contribution is 2.50. The van der Waals surface area contributed by atoms with Gasteiger partial charge in [-0.2, -0.15) is 0 Å². The lowest BCUT2D eigenvalue weighted by Crippen LogP contribution is -2.36. The average molecular weight is 515 g/mol. The van der Waals surface area contributed by atoms with E-state index in [1.54, 1.807) is 31.4 Å². The molecule has 2 aromatic carbocycles. The van der Waals surface area contributed by atoms with Crippen LogP contribution in [-0.4, -0.2) is 44.2 Å². The molecule has 11 heteroatoms. The van der Waals surface area contributed by atoms with E-state index in [2.05, 4.69) is 4.99 Å². The van der Waals surface area contributed by atoms with Crippen molar-refractivity contribution in [1.82, 2.24) is 0 Å². The van der Waals surface area contributed by atoms with Crippen molar-refractivity contribution < 1.29 is 33.4 Å². The highest BCUT2D eigenvalue weighted by molar-refractivity contribution is 6.31. The van der Waals surface area contributed by atoms with Gasteiger partial charge >= 0.3 is 5.97 Å². The van der Waals surface area contributed by atoms with Crippen LogP contribution in [0.15, 0.2) is 47.1 Å². The minimum Gasteiger partial charge on any atom is -0.497 e. The largest absolute Gasteiger partial charge is 0.497 e. The predicted molar refractivity (Wildman–Crippen MR) is 128 cm³/mol. The number of nitrogens with zero attached hydrogens (tertiary/aromatic N) is 2. The normalized spacial score (nSPS) is 21.3. The number of methoxy groups -OCH3 is 2. The topological polar surface area (TPSA) is 119 Å². The van der Waals surface area contributed by atoms with Gasteiger partial charge in [-0.15, -0.1) is 0 Å². The molecular weight excluding hydrogens is 492 g/mol. The predicted octanol–water partition coefficient (Wildman–Crippen LogP) is 4.31. The number of rotatable bonds is 6. The van der Waals surface area contributed by atoms with Crippen LogP contribution in [0, 0.1) is 16.0 Å². The van der Waals surface area contributed by atoms with Crippen LogP contribution in [0.3, 0.4) is 0 Å². The Labute approximate surface area is 211 Å². The van der Waals surface area contributed by atoms with Crippen LogP contribution in [0.5, 0.6) is 11.5 Å². The fourth-order valence-electron chi connectivity index (χ4n) is 4.93. The third kappa shape index (κ3) is 4.21. The quantitative estimate of drug-likeness (QED) is 0.242. The summed E-state index contributed by atoms with van der Waals surface area (Å²) in [5.41, 5.74) is 1.60. The van der Waals surface area contributed by atoms with Crippen LogP contribution < -0.4 is 9.47 Å². The van der Waals surface area contributed by atoms with Crippen LogP contribution in [0.25, 0.3) is 0 Å². The van der Waals surface area contributed by atoms with Crippen molar-refractivity contribution in [3.63, 3.8) is 0 Å². The molecule has 1 atom stereocenters. The number of fused-ring (bicyclic) bond motifs is 2. The van der Waals surface area contributed by atoms with Gasteiger partial charge in [-0.3, -0.25) is 10.1 Å². The number of nitro benzene ring substituents is 1. The Bertz CT molecular complexity index is 1300. The minimum absolute atomic E-state index is 0.0232. The van der Waals surface area contributed by atoms with Gasteiger partial charge in [0.2, 0.25) is 5.90 Å². The molecule has 2 aromatic rings. The molecule has 0 bridgehead atoms. The smallest absolute Gasteiger partial charge is 0.363 e. The molecule has 0 N–H and O–H groups in total. The number of allylic oxidation sites excluding steroid dienone is 1. The van der Waals surface area contributed by atoms with Crippen LogP contribution >= 0.6 is 11.6 Å². The van der Waals surface area contributed by atoms with Gasteiger partial charge in [0, 0.05) is 11.4 Å². The number of carbonyl (C=O) groups excluding carboxylic acids is 1. The number of esters is 1. The first-order valence-corrected chi connectivity index (χ1v) is 11.7. The SMILES string of the molecule is COc1ccc(C2=N/C(=C\CC3Cc4c(Cl)ccc(OC)c4C4(C3)OCCO4)C(=O)O2)c([N+](=O)[O-])c1. The van der Waals surface area contributed by atoms with Crippen molar-refractivity contribution in [3.05, 3.63) is 73.9 Å². The lowest BCUT2D eigenvalue weighted by molar-refractivity contribution is -0.385. The van der Waals surface area contributed by atoms with Crippen LogP contribution in [0.4, 0.5) is 5.69 Å². The Kier molecular flexibility index (Phi) is 6.42. The maximum atomic E-state index is 12.5. The van der Waals surface area contributed by atoms with E-state index in [4.69, 9.17) is 35.3 Å². The molecule has 1 spiro atoms. The Morgan fingerprint density at radius 3 is 2.69 bits per heavy atom. The molecule has 1 fully saturated rings. The molecule has 0 saturated carbocycles. The molecule has 2 heterocycles. The second-order valence-corrected chi connectivity index (χ2v) is 9.01. The number of cyclic esters (lactones) is 1. The number of halogens is 1. The van der Waals surface area contributed by atoms with Crippen molar-refractivity contribution in [2.45, 2.75) is 25.0 Å². The summed E-state index contributed by atoms with van der Waals surface area (Å²) in [5, 5.41) is 12.1. The van der Waals surface area contributed by atoms with Gasteiger partial charge in [-0.05, 0) is 48.6 Å². The van der Waals surface area contributed by atoms with Gasteiger partial charge < -0.3 is 23.7 Å². The van der Waals surface area contributed by atoms with Gasteiger partial charge in [-0.1, -0.05) is 17.7 Å². The third-order valence-electron chi connectivity index (χ3n) is 6.52. The maximum absolute atomic E-state index is 12.5. The Morgan fingerprint density at radius 1 is 1.22 bits per heavy atom. The summed E-state index contributed by atoms with van der Waals surface area (Å²) in [4.78, 5) is 27.7. The van der Waals surface area contributed by atoms with E-state index >= 15 is 0 Å². The fraction of sp³-hybridized carbons (Fsp3) is 0.360. The molecule has 5 rings (SSSR count). The average Bonchev–Trinajstić information content (AvgIpc) is 3.49. The number of carbonyl (C=O) groups is 1. The monoisotopic (exact) mass is 514 g/mol. The molecule has 188 valence electrons. The molecule has 3 aliphatic rings. The fourth-order valence-corrected chi connectivity index (χ4v) is 5.16. The number of benzene rings is 2. The summed E-state index contributed by atoms with van der Waals surface area (Å²) in [7, 11) is 3.00. The van der Waals surface area contributed by atoms with Crippen molar-refractivity contribution in [2.24, 2.45) is 10.9 Å². The minimum atomic E-state index is -0.971. The lowest BCUT2D eigenvalue weighted by atomic mass is 9.77. The van der Waals surface area contributed by atoms with E-state index in [1.165, 1.54) is 19.2 Å². The molecule has 0 aromatic heterocycles. The second-order valence-electron chi connectivity index (χ2n) is 8.60. The molecule has 1 unspecified atom stereocenters. The number of hydrogen-bond donors (Lipinski definition) is 0. The Balaban J connectivity index is 1.43. The summed E-state index contributed by atoms with van der Waals surface area (Å²) in [6.45, 7) is 0.896. The van der Waals surface area contributed by atoms with Crippen molar-refractivity contribution in [3.8, 4) is 11.5 Å². The number of ether oxygens (including phenoxy) is 5.